The van der Waals surface area contributed by atoms with Gasteiger partial charge in [0.2, 0.25) is 0 Å². The standard InChI is InChI=1S/C11H14NO2/c1-9(12)11(13)14-8-7-10-5-3-2-4-6-10/h2-6,9,12H,7-8H2,1H3. The van der Waals surface area contributed by atoms with Crippen LogP contribution in [-0.4, -0.2) is 18.6 Å². The molecule has 1 aromatic rings. The second-order valence-corrected chi connectivity index (χ2v) is 3.12. The quantitative estimate of drug-likeness (QED) is 0.678. The number of hydrogen-bond acceptors (Lipinski definition) is 2. The van der Waals surface area contributed by atoms with Gasteiger partial charge in [-0.15, -0.1) is 0 Å². The molecule has 0 saturated heterocycles. The summed E-state index contributed by atoms with van der Waals surface area (Å²) >= 11 is 0. The third kappa shape index (κ3) is 3.58. The fourth-order valence-electron chi connectivity index (χ4n) is 1.04. The molecule has 1 radical (unpaired) electrons. The van der Waals surface area contributed by atoms with E-state index >= 15 is 0 Å². The van der Waals surface area contributed by atoms with Crippen LogP contribution in [0.1, 0.15) is 12.5 Å². The number of esters is 1. The molecule has 0 aliphatic rings. The molecule has 14 heavy (non-hydrogen) atoms. The lowest BCUT2D eigenvalue weighted by molar-refractivity contribution is -0.144. The molecular formula is C11H14NO2. The van der Waals surface area contributed by atoms with Gasteiger partial charge >= 0.3 is 5.97 Å². The van der Waals surface area contributed by atoms with E-state index in [-0.39, 0.29) is 0 Å². The van der Waals surface area contributed by atoms with Crippen molar-refractivity contribution in [2.24, 2.45) is 0 Å². The zero-order valence-corrected chi connectivity index (χ0v) is 8.19. The molecule has 0 saturated carbocycles. The van der Waals surface area contributed by atoms with Crippen LogP contribution in [0.3, 0.4) is 0 Å². The minimum Gasteiger partial charge on any atom is -0.464 e. The fraction of sp³-hybridized carbons (Fsp3) is 0.364. The molecule has 0 spiro atoms. The molecule has 1 atom stereocenters. The Hall–Kier alpha value is -1.35. The smallest absolute Gasteiger partial charge is 0.324 e. The number of rotatable bonds is 4. The van der Waals surface area contributed by atoms with Gasteiger partial charge in [0.25, 0.3) is 0 Å². The number of ether oxygens (including phenoxy) is 1. The molecule has 3 nitrogen and oxygen atoms in total. The maximum absolute atomic E-state index is 10.9. The average Bonchev–Trinajstić information content (AvgIpc) is 2.19. The highest BCUT2D eigenvalue weighted by Gasteiger charge is 2.08. The van der Waals surface area contributed by atoms with Gasteiger partial charge in [-0.05, 0) is 12.5 Å². The summed E-state index contributed by atoms with van der Waals surface area (Å²) in [5.74, 6) is -0.457. The van der Waals surface area contributed by atoms with Crippen molar-refractivity contribution in [1.82, 2.24) is 5.73 Å². The molecule has 1 aromatic carbocycles. The van der Waals surface area contributed by atoms with E-state index in [0.717, 1.165) is 5.56 Å². The van der Waals surface area contributed by atoms with Crippen molar-refractivity contribution in [2.75, 3.05) is 6.61 Å². The lowest BCUT2D eigenvalue weighted by Crippen LogP contribution is -2.21. The molecule has 0 aliphatic carbocycles. The summed E-state index contributed by atoms with van der Waals surface area (Å²) in [6.07, 6.45) is 0.708. The van der Waals surface area contributed by atoms with Crippen LogP contribution in [0.4, 0.5) is 0 Å². The van der Waals surface area contributed by atoms with E-state index in [1.807, 2.05) is 30.3 Å². The molecule has 0 heterocycles. The van der Waals surface area contributed by atoms with Gasteiger partial charge < -0.3 is 4.74 Å². The summed E-state index contributed by atoms with van der Waals surface area (Å²) in [7, 11) is 0. The second-order valence-electron chi connectivity index (χ2n) is 3.12. The molecule has 0 aliphatic heterocycles. The zero-order chi connectivity index (χ0) is 10.4. The van der Waals surface area contributed by atoms with Crippen LogP contribution in [-0.2, 0) is 16.0 Å². The van der Waals surface area contributed by atoms with Gasteiger partial charge in [-0.1, -0.05) is 30.3 Å². The predicted octanol–water partition coefficient (Wildman–Crippen LogP) is 1.44. The van der Waals surface area contributed by atoms with Crippen molar-refractivity contribution in [2.45, 2.75) is 19.4 Å². The Morgan fingerprint density at radius 2 is 2.07 bits per heavy atom. The van der Waals surface area contributed by atoms with Crippen molar-refractivity contribution in [1.29, 1.82) is 0 Å². The summed E-state index contributed by atoms with van der Waals surface area (Å²) in [6, 6.07) is 9.03. The summed E-state index contributed by atoms with van der Waals surface area (Å²) in [5, 5.41) is 0. The Balaban J connectivity index is 2.26. The first-order valence-corrected chi connectivity index (χ1v) is 4.62. The van der Waals surface area contributed by atoms with Crippen molar-refractivity contribution >= 4 is 5.97 Å². The largest absolute Gasteiger partial charge is 0.464 e. The first-order valence-electron chi connectivity index (χ1n) is 4.62. The van der Waals surface area contributed by atoms with E-state index in [1.54, 1.807) is 0 Å². The Labute approximate surface area is 83.9 Å². The molecule has 0 amide bonds. The van der Waals surface area contributed by atoms with Crippen LogP contribution in [0.2, 0.25) is 0 Å². The van der Waals surface area contributed by atoms with Gasteiger partial charge in [-0.25, -0.2) is 5.73 Å². The van der Waals surface area contributed by atoms with Gasteiger partial charge in [0, 0.05) is 6.42 Å². The van der Waals surface area contributed by atoms with Gasteiger partial charge in [-0.2, -0.15) is 0 Å². The highest BCUT2D eigenvalue weighted by atomic mass is 16.5. The highest BCUT2D eigenvalue weighted by Crippen LogP contribution is 1.99. The van der Waals surface area contributed by atoms with E-state index in [1.165, 1.54) is 6.92 Å². The molecular weight excluding hydrogens is 178 g/mol. The van der Waals surface area contributed by atoms with E-state index in [0.29, 0.717) is 13.0 Å². The summed E-state index contributed by atoms with van der Waals surface area (Å²) in [6.45, 7) is 1.86. The monoisotopic (exact) mass is 192 g/mol. The predicted molar refractivity (Wildman–Crippen MR) is 53.7 cm³/mol. The maximum atomic E-state index is 10.9. The van der Waals surface area contributed by atoms with Crippen LogP contribution in [0, 0.1) is 0 Å². The molecule has 0 aromatic heterocycles. The Morgan fingerprint density at radius 3 is 2.64 bits per heavy atom. The number of benzene rings is 1. The molecule has 75 valence electrons. The molecule has 1 N–H and O–H groups in total. The Bertz CT molecular complexity index is 283. The van der Waals surface area contributed by atoms with Crippen molar-refractivity contribution in [3.8, 4) is 0 Å². The summed E-state index contributed by atoms with van der Waals surface area (Å²) < 4.78 is 4.88. The summed E-state index contributed by atoms with van der Waals surface area (Å²) in [4.78, 5) is 10.9. The lowest BCUT2D eigenvalue weighted by Gasteiger charge is -2.06. The summed E-state index contributed by atoms with van der Waals surface area (Å²) in [5.41, 5.74) is 8.23. The molecule has 1 rings (SSSR count). The van der Waals surface area contributed by atoms with Crippen LogP contribution in [0.15, 0.2) is 30.3 Å². The Kier molecular flexibility index (Phi) is 4.13. The van der Waals surface area contributed by atoms with Crippen molar-refractivity contribution < 1.29 is 9.53 Å². The molecule has 0 bridgehead atoms. The van der Waals surface area contributed by atoms with Gasteiger partial charge in [-0.3, -0.25) is 4.79 Å². The van der Waals surface area contributed by atoms with E-state index < -0.39 is 12.0 Å². The molecule has 3 heteroatoms. The van der Waals surface area contributed by atoms with Crippen molar-refractivity contribution in [3.05, 3.63) is 35.9 Å². The maximum Gasteiger partial charge on any atom is 0.324 e. The third-order valence-corrected chi connectivity index (χ3v) is 1.83. The number of carbonyl (C=O) groups excluding carboxylic acids is 1. The minimum absolute atomic E-state index is 0.353. The first kappa shape index (κ1) is 10.7. The normalized spacial score (nSPS) is 12.1. The van der Waals surface area contributed by atoms with E-state index in [4.69, 9.17) is 10.5 Å². The third-order valence-electron chi connectivity index (χ3n) is 1.83. The molecule has 0 fully saturated rings. The SMILES string of the molecule is CC([NH])C(=O)OCCc1ccccc1. The van der Waals surface area contributed by atoms with Gasteiger partial charge in [0.15, 0.2) is 0 Å². The van der Waals surface area contributed by atoms with Crippen LogP contribution in [0.5, 0.6) is 0 Å². The zero-order valence-electron chi connectivity index (χ0n) is 8.19. The van der Waals surface area contributed by atoms with Crippen molar-refractivity contribution in [3.63, 3.8) is 0 Å². The van der Waals surface area contributed by atoms with Gasteiger partial charge in [0.1, 0.15) is 6.04 Å². The minimum atomic E-state index is -0.786. The molecule has 1 unspecified atom stereocenters. The number of nitrogens with one attached hydrogen (secondary N) is 1. The highest BCUT2D eigenvalue weighted by molar-refractivity contribution is 5.74. The van der Waals surface area contributed by atoms with Crippen LogP contribution >= 0.6 is 0 Å². The second kappa shape index (κ2) is 5.40. The fourth-order valence-corrected chi connectivity index (χ4v) is 1.04. The van der Waals surface area contributed by atoms with Crippen LogP contribution < -0.4 is 5.73 Å². The average molecular weight is 192 g/mol. The van der Waals surface area contributed by atoms with Gasteiger partial charge in [0.05, 0.1) is 6.61 Å². The topological polar surface area (TPSA) is 50.1 Å². The van der Waals surface area contributed by atoms with E-state index in [9.17, 15) is 4.79 Å². The first-order chi connectivity index (χ1) is 6.70. The number of carbonyl (C=O) groups is 1. The number of hydrogen-bond donors (Lipinski definition) is 0. The Morgan fingerprint density at radius 1 is 1.43 bits per heavy atom. The lowest BCUT2D eigenvalue weighted by atomic mass is 10.2. The van der Waals surface area contributed by atoms with E-state index in [2.05, 4.69) is 0 Å². The van der Waals surface area contributed by atoms with Crippen LogP contribution in [0.25, 0.3) is 0 Å².